The summed E-state index contributed by atoms with van der Waals surface area (Å²) in [6.07, 6.45) is 2.45. The van der Waals surface area contributed by atoms with Crippen molar-refractivity contribution in [2.24, 2.45) is 0 Å². The van der Waals surface area contributed by atoms with E-state index in [9.17, 15) is 0 Å². The third-order valence-corrected chi connectivity index (χ3v) is 2.67. The average molecular weight is 192 g/mol. The van der Waals surface area contributed by atoms with E-state index in [0.717, 1.165) is 5.69 Å². The van der Waals surface area contributed by atoms with Crippen molar-refractivity contribution in [1.82, 2.24) is 0 Å². The van der Waals surface area contributed by atoms with Crippen LogP contribution in [0.15, 0.2) is 24.3 Å². The molecule has 14 heavy (non-hydrogen) atoms. The molecule has 0 aliphatic heterocycles. The van der Waals surface area contributed by atoms with Crippen LogP contribution >= 0.6 is 0 Å². The van der Waals surface area contributed by atoms with E-state index in [0.29, 0.717) is 6.04 Å². The zero-order chi connectivity index (χ0) is 10.6. The maximum atomic E-state index is 5.64. The zero-order valence-corrected chi connectivity index (χ0v) is 9.33. The summed E-state index contributed by atoms with van der Waals surface area (Å²) in [7, 11) is 2.13. The fraction of sp³-hybridized carbons (Fsp3) is 0.500. The molecule has 2 N–H and O–H groups in total. The van der Waals surface area contributed by atoms with Crippen molar-refractivity contribution in [2.75, 3.05) is 17.7 Å². The molecule has 1 rings (SSSR count). The lowest BCUT2D eigenvalue weighted by Crippen LogP contribution is -2.28. The van der Waals surface area contributed by atoms with E-state index in [1.54, 1.807) is 0 Å². The maximum absolute atomic E-state index is 5.64. The molecular weight excluding hydrogens is 172 g/mol. The topological polar surface area (TPSA) is 29.3 Å². The van der Waals surface area contributed by atoms with E-state index in [-0.39, 0.29) is 0 Å². The molecule has 0 amide bonds. The normalized spacial score (nSPS) is 12.5. The van der Waals surface area contributed by atoms with Crippen LogP contribution in [0, 0.1) is 0 Å². The molecule has 0 aliphatic rings. The Morgan fingerprint density at radius 3 is 2.36 bits per heavy atom. The van der Waals surface area contributed by atoms with Gasteiger partial charge in [0.15, 0.2) is 0 Å². The number of nitrogens with two attached hydrogens (primary N) is 1. The summed E-state index contributed by atoms with van der Waals surface area (Å²) < 4.78 is 0. The Hall–Kier alpha value is -1.18. The van der Waals surface area contributed by atoms with Gasteiger partial charge in [0.1, 0.15) is 0 Å². The fourth-order valence-corrected chi connectivity index (χ4v) is 1.58. The van der Waals surface area contributed by atoms with Crippen LogP contribution in [-0.2, 0) is 0 Å². The largest absolute Gasteiger partial charge is 0.399 e. The summed E-state index contributed by atoms with van der Waals surface area (Å²) >= 11 is 0. The first kappa shape index (κ1) is 10.9. The first-order valence-electron chi connectivity index (χ1n) is 5.23. The van der Waals surface area contributed by atoms with Crippen molar-refractivity contribution in [1.29, 1.82) is 0 Å². The lowest BCUT2D eigenvalue weighted by atomic mass is 10.1. The molecule has 0 saturated carbocycles. The van der Waals surface area contributed by atoms with Gasteiger partial charge in [-0.2, -0.15) is 0 Å². The van der Waals surface area contributed by atoms with Gasteiger partial charge in [-0.15, -0.1) is 0 Å². The molecule has 1 unspecified atom stereocenters. The van der Waals surface area contributed by atoms with Crippen LogP contribution in [0.3, 0.4) is 0 Å². The molecule has 78 valence electrons. The molecule has 0 aromatic heterocycles. The molecule has 0 bridgehead atoms. The van der Waals surface area contributed by atoms with Gasteiger partial charge in [0.25, 0.3) is 0 Å². The Morgan fingerprint density at radius 2 is 1.86 bits per heavy atom. The molecule has 1 aromatic carbocycles. The molecule has 0 aliphatic carbocycles. The van der Waals surface area contributed by atoms with Crippen molar-refractivity contribution in [2.45, 2.75) is 32.7 Å². The molecule has 0 heterocycles. The Balaban J connectivity index is 2.68. The van der Waals surface area contributed by atoms with Gasteiger partial charge in [-0.3, -0.25) is 0 Å². The number of hydrogen-bond donors (Lipinski definition) is 1. The smallest absolute Gasteiger partial charge is 0.0367 e. The van der Waals surface area contributed by atoms with E-state index in [1.165, 1.54) is 18.5 Å². The van der Waals surface area contributed by atoms with Crippen molar-refractivity contribution >= 4 is 11.4 Å². The van der Waals surface area contributed by atoms with Crippen molar-refractivity contribution < 1.29 is 0 Å². The van der Waals surface area contributed by atoms with Crippen LogP contribution in [-0.4, -0.2) is 13.1 Å². The molecule has 2 heteroatoms. The third-order valence-electron chi connectivity index (χ3n) is 2.67. The average Bonchev–Trinajstić information content (AvgIpc) is 2.18. The van der Waals surface area contributed by atoms with Crippen molar-refractivity contribution in [3.8, 4) is 0 Å². The highest BCUT2D eigenvalue weighted by atomic mass is 15.1. The second-order valence-corrected chi connectivity index (χ2v) is 3.84. The van der Waals surface area contributed by atoms with Gasteiger partial charge >= 0.3 is 0 Å². The number of nitrogens with zero attached hydrogens (tertiary/aromatic N) is 1. The summed E-state index contributed by atoms with van der Waals surface area (Å²) in [6, 6.07) is 8.63. The highest BCUT2D eigenvalue weighted by Crippen LogP contribution is 2.18. The predicted octanol–water partition coefficient (Wildman–Crippen LogP) is 2.89. The van der Waals surface area contributed by atoms with Gasteiger partial charge in [0, 0.05) is 24.5 Å². The van der Waals surface area contributed by atoms with Crippen LogP contribution in [0.5, 0.6) is 0 Å². The summed E-state index contributed by atoms with van der Waals surface area (Å²) in [6.45, 7) is 4.47. The quantitative estimate of drug-likeness (QED) is 0.743. The van der Waals surface area contributed by atoms with Crippen molar-refractivity contribution in [3.63, 3.8) is 0 Å². The monoisotopic (exact) mass is 192 g/mol. The highest BCUT2D eigenvalue weighted by molar-refractivity contribution is 5.53. The first-order chi connectivity index (χ1) is 6.65. The molecule has 2 nitrogen and oxygen atoms in total. The summed E-state index contributed by atoms with van der Waals surface area (Å²) in [5, 5.41) is 0. The maximum Gasteiger partial charge on any atom is 0.0367 e. The van der Waals surface area contributed by atoms with Gasteiger partial charge in [0.05, 0.1) is 0 Å². The summed E-state index contributed by atoms with van der Waals surface area (Å²) in [4.78, 5) is 2.29. The van der Waals surface area contributed by atoms with Gasteiger partial charge in [-0.1, -0.05) is 13.3 Å². The summed E-state index contributed by atoms with van der Waals surface area (Å²) in [5.41, 5.74) is 7.70. The molecule has 0 radical (unpaired) electrons. The second kappa shape index (κ2) is 4.89. The van der Waals surface area contributed by atoms with Gasteiger partial charge in [0.2, 0.25) is 0 Å². The number of hydrogen-bond acceptors (Lipinski definition) is 2. The highest BCUT2D eigenvalue weighted by Gasteiger charge is 2.07. The lowest BCUT2D eigenvalue weighted by molar-refractivity contribution is 0.616. The van der Waals surface area contributed by atoms with Crippen LogP contribution < -0.4 is 10.6 Å². The molecule has 0 spiro atoms. The Morgan fingerprint density at radius 1 is 1.29 bits per heavy atom. The SMILES string of the molecule is CCCC(C)N(C)c1ccc(N)cc1. The minimum absolute atomic E-state index is 0.587. The van der Waals surface area contributed by atoms with Crippen LogP contribution in [0.4, 0.5) is 11.4 Å². The van der Waals surface area contributed by atoms with Crippen LogP contribution in [0.1, 0.15) is 26.7 Å². The van der Waals surface area contributed by atoms with E-state index in [2.05, 4.69) is 37.9 Å². The third kappa shape index (κ3) is 2.66. The number of nitrogen functional groups attached to an aromatic ring is 1. The Bertz CT molecular complexity index is 266. The van der Waals surface area contributed by atoms with Gasteiger partial charge in [-0.25, -0.2) is 0 Å². The van der Waals surface area contributed by atoms with E-state index < -0.39 is 0 Å². The molecule has 1 atom stereocenters. The Kier molecular flexibility index (Phi) is 3.81. The lowest BCUT2D eigenvalue weighted by Gasteiger charge is -2.26. The Labute approximate surface area is 86.7 Å². The van der Waals surface area contributed by atoms with E-state index >= 15 is 0 Å². The number of anilines is 2. The molecular formula is C12H20N2. The van der Waals surface area contributed by atoms with Crippen LogP contribution in [0.25, 0.3) is 0 Å². The minimum atomic E-state index is 0.587. The summed E-state index contributed by atoms with van der Waals surface area (Å²) in [5.74, 6) is 0. The zero-order valence-electron chi connectivity index (χ0n) is 9.33. The van der Waals surface area contributed by atoms with Gasteiger partial charge in [-0.05, 0) is 37.6 Å². The predicted molar refractivity (Wildman–Crippen MR) is 63.6 cm³/mol. The first-order valence-corrected chi connectivity index (χ1v) is 5.23. The van der Waals surface area contributed by atoms with Crippen LogP contribution in [0.2, 0.25) is 0 Å². The fourth-order valence-electron chi connectivity index (χ4n) is 1.58. The second-order valence-electron chi connectivity index (χ2n) is 3.84. The molecule has 0 saturated heterocycles. The number of benzene rings is 1. The minimum Gasteiger partial charge on any atom is -0.399 e. The standard InChI is InChI=1S/C12H20N2/c1-4-5-10(2)14(3)12-8-6-11(13)7-9-12/h6-10H,4-5,13H2,1-3H3. The molecule has 0 fully saturated rings. The van der Waals surface area contributed by atoms with Crippen molar-refractivity contribution in [3.05, 3.63) is 24.3 Å². The van der Waals surface area contributed by atoms with E-state index in [4.69, 9.17) is 5.73 Å². The van der Waals surface area contributed by atoms with Gasteiger partial charge < -0.3 is 10.6 Å². The number of rotatable bonds is 4. The molecule has 1 aromatic rings. The van der Waals surface area contributed by atoms with E-state index in [1.807, 2.05) is 12.1 Å².